The summed E-state index contributed by atoms with van der Waals surface area (Å²) in [6.07, 6.45) is 0.942. The van der Waals surface area contributed by atoms with E-state index in [4.69, 9.17) is 4.74 Å². The molecule has 0 spiro atoms. The van der Waals surface area contributed by atoms with E-state index in [0.717, 1.165) is 27.5 Å². The molecule has 0 aliphatic rings. The molecule has 0 aliphatic heterocycles. The zero-order valence-electron chi connectivity index (χ0n) is 10.7. The second-order valence-corrected chi connectivity index (χ2v) is 6.13. The van der Waals surface area contributed by atoms with E-state index in [2.05, 4.69) is 47.8 Å². The molecule has 1 aromatic carbocycles. The lowest BCUT2D eigenvalue weighted by Gasteiger charge is -2.12. The molecule has 1 heterocycles. The topological polar surface area (TPSA) is 22.1 Å². The molecule has 0 fully saturated rings. The molecule has 96 valence electrons. The normalized spacial score (nSPS) is 10.9. The van der Waals surface area contributed by atoms with Crippen molar-refractivity contribution in [3.8, 4) is 10.9 Å². The van der Waals surface area contributed by atoms with Crippen molar-refractivity contribution in [2.45, 2.75) is 33.1 Å². The summed E-state index contributed by atoms with van der Waals surface area (Å²) in [4.78, 5) is 4.43. The van der Waals surface area contributed by atoms with E-state index in [-0.39, 0.29) is 0 Å². The van der Waals surface area contributed by atoms with Gasteiger partial charge in [-0.2, -0.15) is 0 Å². The lowest BCUT2D eigenvalue weighted by Crippen LogP contribution is -1.94. The number of nitrogens with zero attached hydrogens (tertiary/aromatic N) is 1. The third-order valence-corrected chi connectivity index (χ3v) is 3.94. The van der Waals surface area contributed by atoms with Gasteiger partial charge in [0.05, 0.1) is 5.69 Å². The van der Waals surface area contributed by atoms with Crippen LogP contribution in [0.2, 0.25) is 0 Å². The summed E-state index contributed by atoms with van der Waals surface area (Å²) in [5.41, 5.74) is 2.27. The molecule has 2 rings (SSSR count). The summed E-state index contributed by atoms with van der Waals surface area (Å²) in [6.45, 7) is 6.42. The maximum Gasteiger partial charge on any atom is 0.278 e. The lowest BCUT2D eigenvalue weighted by atomic mass is 10.0. The Labute approximate surface area is 120 Å². The number of hydrogen-bond acceptors (Lipinski definition) is 3. The molecule has 4 heteroatoms. The van der Waals surface area contributed by atoms with Crippen molar-refractivity contribution in [1.82, 2.24) is 4.98 Å². The number of hydrogen-bond donors (Lipinski definition) is 0. The highest BCUT2D eigenvalue weighted by atomic mass is 79.9. The molecule has 0 N–H and O–H groups in total. The Morgan fingerprint density at radius 1 is 1.39 bits per heavy atom. The van der Waals surface area contributed by atoms with Crippen molar-refractivity contribution < 1.29 is 4.74 Å². The first-order valence-electron chi connectivity index (χ1n) is 6.02. The molecule has 0 atom stereocenters. The average Bonchev–Trinajstić information content (AvgIpc) is 2.79. The van der Waals surface area contributed by atoms with Gasteiger partial charge in [-0.15, -0.1) is 0 Å². The molecule has 2 aromatic rings. The number of aryl methyl sites for hydroxylation is 1. The van der Waals surface area contributed by atoms with Crippen LogP contribution in [0.1, 0.15) is 37.9 Å². The molecule has 1 aromatic heterocycles. The monoisotopic (exact) mass is 325 g/mol. The van der Waals surface area contributed by atoms with E-state index in [0.29, 0.717) is 5.92 Å². The van der Waals surface area contributed by atoms with Crippen LogP contribution in [0.3, 0.4) is 0 Å². The highest BCUT2D eigenvalue weighted by Gasteiger charge is 2.11. The Morgan fingerprint density at radius 3 is 2.78 bits per heavy atom. The van der Waals surface area contributed by atoms with Crippen LogP contribution in [0.4, 0.5) is 0 Å². The SMILES string of the molecule is CCc1csc(Oc2ccc(Br)cc2C(C)C)n1. The van der Waals surface area contributed by atoms with Crippen LogP contribution in [0.5, 0.6) is 10.9 Å². The molecule has 0 unspecified atom stereocenters. The molecule has 0 radical (unpaired) electrons. The van der Waals surface area contributed by atoms with Crippen LogP contribution in [0, 0.1) is 0 Å². The van der Waals surface area contributed by atoms with Crippen LogP contribution in [-0.4, -0.2) is 4.98 Å². The lowest BCUT2D eigenvalue weighted by molar-refractivity contribution is 0.468. The Hall–Kier alpha value is -0.870. The Morgan fingerprint density at radius 2 is 2.17 bits per heavy atom. The minimum atomic E-state index is 0.420. The molecule has 0 saturated carbocycles. The molecular weight excluding hydrogens is 310 g/mol. The van der Waals surface area contributed by atoms with E-state index in [1.165, 1.54) is 5.56 Å². The van der Waals surface area contributed by atoms with Gasteiger partial charge in [0.1, 0.15) is 5.75 Å². The molecule has 0 amide bonds. The van der Waals surface area contributed by atoms with E-state index in [1.54, 1.807) is 11.3 Å². The van der Waals surface area contributed by atoms with Crippen molar-refractivity contribution in [2.75, 3.05) is 0 Å². The largest absolute Gasteiger partial charge is 0.431 e. The minimum absolute atomic E-state index is 0.420. The minimum Gasteiger partial charge on any atom is -0.431 e. The zero-order valence-corrected chi connectivity index (χ0v) is 13.1. The van der Waals surface area contributed by atoms with E-state index < -0.39 is 0 Å². The third-order valence-electron chi connectivity index (χ3n) is 2.68. The summed E-state index contributed by atoms with van der Waals surface area (Å²) in [7, 11) is 0. The van der Waals surface area contributed by atoms with Crippen LogP contribution in [0.15, 0.2) is 28.1 Å². The van der Waals surface area contributed by atoms with Crippen molar-refractivity contribution >= 4 is 27.3 Å². The Balaban J connectivity index is 2.28. The zero-order chi connectivity index (χ0) is 13.1. The number of rotatable bonds is 4. The Bertz CT molecular complexity index is 536. The maximum absolute atomic E-state index is 5.89. The molecule has 2 nitrogen and oxygen atoms in total. The molecule has 0 aliphatic carbocycles. The number of thiazole rings is 1. The van der Waals surface area contributed by atoms with Gasteiger partial charge in [0.2, 0.25) is 0 Å². The van der Waals surface area contributed by atoms with Crippen molar-refractivity contribution in [1.29, 1.82) is 0 Å². The summed E-state index contributed by atoms with van der Waals surface area (Å²) in [5.74, 6) is 1.31. The highest BCUT2D eigenvalue weighted by molar-refractivity contribution is 9.10. The second-order valence-electron chi connectivity index (χ2n) is 4.40. The molecular formula is C14H16BrNOS. The summed E-state index contributed by atoms with van der Waals surface area (Å²) >= 11 is 5.05. The van der Waals surface area contributed by atoms with Gasteiger partial charge in [-0.25, -0.2) is 4.98 Å². The molecule has 0 saturated heterocycles. The smallest absolute Gasteiger partial charge is 0.278 e. The van der Waals surface area contributed by atoms with Gasteiger partial charge in [0, 0.05) is 9.85 Å². The number of ether oxygens (including phenoxy) is 1. The quantitative estimate of drug-likeness (QED) is 0.752. The predicted octanol–water partition coefficient (Wildman–Crippen LogP) is 5.38. The van der Waals surface area contributed by atoms with Crippen molar-refractivity contribution in [2.24, 2.45) is 0 Å². The number of benzene rings is 1. The highest BCUT2D eigenvalue weighted by Crippen LogP contribution is 2.33. The van der Waals surface area contributed by atoms with Gasteiger partial charge in [-0.3, -0.25) is 0 Å². The second kappa shape index (κ2) is 5.85. The van der Waals surface area contributed by atoms with Gasteiger partial charge in [-0.1, -0.05) is 48.0 Å². The first-order valence-corrected chi connectivity index (χ1v) is 7.69. The first-order chi connectivity index (χ1) is 8.60. The van der Waals surface area contributed by atoms with Crippen molar-refractivity contribution in [3.63, 3.8) is 0 Å². The van der Waals surface area contributed by atoms with E-state index >= 15 is 0 Å². The average molecular weight is 326 g/mol. The van der Waals surface area contributed by atoms with Gasteiger partial charge in [0.15, 0.2) is 0 Å². The summed E-state index contributed by atoms with van der Waals surface area (Å²) in [6, 6.07) is 6.09. The fraction of sp³-hybridized carbons (Fsp3) is 0.357. The summed E-state index contributed by atoms with van der Waals surface area (Å²) < 4.78 is 6.97. The van der Waals surface area contributed by atoms with Gasteiger partial charge < -0.3 is 4.74 Å². The Kier molecular flexibility index (Phi) is 4.40. The predicted molar refractivity (Wildman–Crippen MR) is 79.8 cm³/mol. The van der Waals surface area contributed by atoms with Gasteiger partial charge in [0.25, 0.3) is 5.19 Å². The van der Waals surface area contributed by atoms with Crippen LogP contribution >= 0.6 is 27.3 Å². The standard InChI is InChI=1S/C14H16BrNOS/c1-4-11-8-18-14(16-11)17-13-6-5-10(15)7-12(13)9(2)3/h5-9H,4H2,1-3H3. The number of aromatic nitrogens is 1. The fourth-order valence-corrected chi connectivity index (χ4v) is 2.80. The van der Waals surface area contributed by atoms with E-state index in [9.17, 15) is 0 Å². The number of halogens is 1. The first kappa shape index (κ1) is 13.6. The third kappa shape index (κ3) is 3.12. The van der Waals surface area contributed by atoms with E-state index in [1.807, 2.05) is 17.5 Å². The van der Waals surface area contributed by atoms with Gasteiger partial charge >= 0.3 is 0 Å². The van der Waals surface area contributed by atoms with Crippen LogP contribution in [0.25, 0.3) is 0 Å². The maximum atomic E-state index is 5.89. The molecule has 18 heavy (non-hydrogen) atoms. The van der Waals surface area contributed by atoms with Crippen LogP contribution in [-0.2, 0) is 6.42 Å². The molecule has 0 bridgehead atoms. The summed E-state index contributed by atoms with van der Waals surface area (Å²) in [5, 5.41) is 2.76. The van der Waals surface area contributed by atoms with Gasteiger partial charge in [-0.05, 0) is 36.1 Å². The van der Waals surface area contributed by atoms with Crippen LogP contribution < -0.4 is 4.74 Å². The van der Waals surface area contributed by atoms with Crippen molar-refractivity contribution in [3.05, 3.63) is 39.3 Å². The fourth-order valence-electron chi connectivity index (χ4n) is 1.66.